The van der Waals surface area contributed by atoms with Gasteiger partial charge in [-0.1, -0.05) is 56.4 Å². The average Bonchev–Trinajstić information content (AvgIpc) is 2.66. The summed E-state index contributed by atoms with van der Waals surface area (Å²) >= 11 is 0. The molecule has 2 saturated carbocycles. The average molecular weight is 322 g/mol. The van der Waals surface area contributed by atoms with E-state index in [9.17, 15) is 9.59 Å². The molecule has 126 valence electrons. The van der Waals surface area contributed by atoms with Crippen LogP contribution in [0.25, 0.3) is 0 Å². The fraction of sp³-hybridized carbons (Fsp3) is 0.545. The molecule has 0 unspecified atom stereocenters. The molecule has 24 heavy (non-hydrogen) atoms. The fourth-order valence-electron chi connectivity index (χ4n) is 5.15. The number of ketones is 2. The summed E-state index contributed by atoms with van der Waals surface area (Å²) < 4.78 is 0. The predicted octanol–water partition coefficient (Wildman–Crippen LogP) is 5.38. The van der Waals surface area contributed by atoms with Gasteiger partial charge in [0.2, 0.25) is 0 Å². The van der Waals surface area contributed by atoms with E-state index in [4.69, 9.17) is 0 Å². The maximum atomic E-state index is 12.8. The van der Waals surface area contributed by atoms with Crippen LogP contribution in [0.15, 0.2) is 35.9 Å². The maximum Gasteiger partial charge on any atom is 0.190 e. The number of fused-ring (bicyclic) bond motifs is 1. The van der Waals surface area contributed by atoms with Crippen LogP contribution in [-0.4, -0.2) is 11.6 Å². The second-order valence-corrected chi connectivity index (χ2v) is 7.85. The Morgan fingerprint density at radius 1 is 0.708 bits per heavy atom. The third-order valence-corrected chi connectivity index (χ3v) is 6.51. The summed E-state index contributed by atoms with van der Waals surface area (Å²) in [7, 11) is 0. The zero-order chi connectivity index (χ0) is 16.5. The maximum absolute atomic E-state index is 12.8. The van der Waals surface area contributed by atoms with E-state index in [1.807, 2.05) is 12.1 Å². The molecule has 1 aromatic rings. The summed E-state index contributed by atoms with van der Waals surface area (Å²) in [5.41, 5.74) is 1.96. The Hall–Kier alpha value is -1.70. The molecule has 0 heterocycles. The van der Waals surface area contributed by atoms with E-state index in [0.717, 1.165) is 30.3 Å². The van der Waals surface area contributed by atoms with Crippen molar-refractivity contribution in [2.45, 2.75) is 57.8 Å². The van der Waals surface area contributed by atoms with Gasteiger partial charge in [-0.15, -0.1) is 0 Å². The monoisotopic (exact) mass is 322 g/mol. The Bertz CT molecular complexity index is 671. The third kappa shape index (κ3) is 2.87. The normalized spacial score (nSPS) is 28.4. The molecule has 3 aliphatic rings. The van der Waals surface area contributed by atoms with Crippen LogP contribution in [-0.2, 0) is 0 Å². The lowest BCUT2D eigenvalue weighted by atomic mass is 9.68. The third-order valence-electron chi connectivity index (χ3n) is 6.51. The molecule has 0 bridgehead atoms. The molecule has 2 heteroatoms. The molecule has 0 N–H and O–H groups in total. The molecule has 2 fully saturated rings. The molecule has 0 radical (unpaired) electrons. The zero-order valence-corrected chi connectivity index (χ0v) is 14.3. The van der Waals surface area contributed by atoms with Crippen LogP contribution >= 0.6 is 0 Å². The minimum atomic E-state index is 0.00889. The van der Waals surface area contributed by atoms with Crippen LogP contribution < -0.4 is 0 Å². The number of carbonyl (C=O) groups is 2. The Morgan fingerprint density at radius 2 is 1.33 bits per heavy atom. The first-order valence-electron chi connectivity index (χ1n) is 9.63. The largest absolute Gasteiger partial charge is 0.289 e. The van der Waals surface area contributed by atoms with Crippen molar-refractivity contribution in [3.8, 4) is 0 Å². The molecule has 4 rings (SSSR count). The van der Waals surface area contributed by atoms with Crippen molar-refractivity contribution in [2.75, 3.05) is 0 Å². The number of Topliss-reactive ketones (excluding diaryl/α,β-unsaturated/α-hetero) is 1. The van der Waals surface area contributed by atoms with Crippen LogP contribution in [0, 0.1) is 17.8 Å². The highest BCUT2D eigenvalue weighted by Crippen LogP contribution is 2.42. The summed E-state index contributed by atoms with van der Waals surface area (Å²) in [5.74, 6) is 2.15. The first kappa shape index (κ1) is 15.8. The molecule has 2 nitrogen and oxygen atoms in total. The van der Waals surface area contributed by atoms with E-state index in [-0.39, 0.29) is 17.5 Å². The van der Waals surface area contributed by atoms with E-state index >= 15 is 0 Å². The van der Waals surface area contributed by atoms with Crippen molar-refractivity contribution >= 4 is 11.6 Å². The molecule has 0 aliphatic heterocycles. The molecule has 0 saturated heterocycles. The van der Waals surface area contributed by atoms with Gasteiger partial charge in [-0.25, -0.2) is 0 Å². The van der Waals surface area contributed by atoms with Gasteiger partial charge in [0.25, 0.3) is 0 Å². The van der Waals surface area contributed by atoms with Gasteiger partial charge >= 0.3 is 0 Å². The molecule has 0 amide bonds. The van der Waals surface area contributed by atoms with E-state index in [0.29, 0.717) is 11.1 Å². The number of hydrogen-bond donors (Lipinski definition) is 0. The van der Waals surface area contributed by atoms with E-state index < -0.39 is 0 Å². The summed E-state index contributed by atoms with van der Waals surface area (Å²) in [5, 5.41) is 0. The van der Waals surface area contributed by atoms with Crippen molar-refractivity contribution in [1.82, 2.24) is 0 Å². The summed E-state index contributed by atoms with van der Waals surface area (Å²) in [4.78, 5) is 25.2. The summed E-state index contributed by atoms with van der Waals surface area (Å²) in [6, 6.07) is 7.25. The number of benzene rings is 1. The molecule has 1 aromatic carbocycles. The Morgan fingerprint density at radius 3 is 2.04 bits per heavy atom. The number of rotatable bonds is 2. The minimum Gasteiger partial charge on any atom is -0.289 e. The summed E-state index contributed by atoms with van der Waals surface area (Å²) in [6.07, 6.45) is 13.3. The highest BCUT2D eigenvalue weighted by Gasteiger charge is 2.34. The van der Waals surface area contributed by atoms with Gasteiger partial charge in [0.05, 0.1) is 0 Å². The van der Waals surface area contributed by atoms with Gasteiger partial charge in [-0.3, -0.25) is 9.59 Å². The molecular weight excluding hydrogens is 296 g/mol. The van der Waals surface area contributed by atoms with Gasteiger partial charge in [-0.2, -0.15) is 0 Å². The first-order chi connectivity index (χ1) is 11.7. The first-order valence-corrected chi connectivity index (χ1v) is 9.63. The van der Waals surface area contributed by atoms with Gasteiger partial charge in [-0.05, 0) is 49.5 Å². The SMILES string of the molecule is O=C1C=C(C2CCC(C3CCCCC3)CC2)C(=O)c2ccccc21. The van der Waals surface area contributed by atoms with Crippen molar-refractivity contribution in [3.05, 3.63) is 47.0 Å². The summed E-state index contributed by atoms with van der Waals surface area (Å²) in [6.45, 7) is 0. The lowest BCUT2D eigenvalue weighted by Gasteiger charge is -2.36. The molecule has 0 atom stereocenters. The van der Waals surface area contributed by atoms with Crippen molar-refractivity contribution in [1.29, 1.82) is 0 Å². The van der Waals surface area contributed by atoms with Crippen LogP contribution in [0.1, 0.15) is 78.5 Å². The van der Waals surface area contributed by atoms with Gasteiger partial charge < -0.3 is 0 Å². The molecule has 0 spiro atoms. The Labute approximate surface area is 144 Å². The lowest BCUT2D eigenvalue weighted by Crippen LogP contribution is -2.28. The van der Waals surface area contributed by atoms with E-state index in [1.54, 1.807) is 18.2 Å². The Kier molecular flexibility index (Phi) is 4.39. The molecular formula is C22H26O2. The fourth-order valence-corrected chi connectivity index (χ4v) is 5.15. The molecule has 0 aromatic heterocycles. The second-order valence-electron chi connectivity index (χ2n) is 7.85. The molecule has 3 aliphatic carbocycles. The number of carbonyl (C=O) groups excluding carboxylic acids is 2. The standard InChI is InChI=1S/C22H26O2/c23-21-14-20(22(24)19-9-5-4-8-18(19)21)17-12-10-16(11-13-17)15-6-2-1-3-7-15/h4-5,8-9,14-17H,1-3,6-7,10-13H2. The van der Waals surface area contributed by atoms with E-state index in [1.165, 1.54) is 44.9 Å². The highest BCUT2D eigenvalue weighted by atomic mass is 16.1. The van der Waals surface area contributed by atoms with Crippen molar-refractivity contribution in [3.63, 3.8) is 0 Å². The van der Waals surface area contributed by atoms with Crippen LogP contribution in [0.4, 0.5) is 0 Å². The predicted molar refractivity (Wildman–Crippen MR) is 95.2 cm³/mol. The van der Waals surface area contributed by atoms with Crippen LogP contribution in [0.3, 0.4) is 0 Å². The van der Waals surface area contributed by atoms with Gasteiger partial charge in [0, 0.05) is 16.7 Å². The zero-order valence-electron chi connectivity index (χ0n) is 14.3. The van der Waals surface area contributed by atoms with Crippen LogP contribution in [0.2, 0.25) is 0 Å². The smallest absolute Gasteiger partial charge is 0.190 e. The number of hydrogen-bond acceptors (Lipinski definition) is 2. The van der Waals surface area contributed by atoms with Crippen LogP contribution in [0.5, 0.6) is 0 Å². The minimum absolute atomic E-state index is 0.00889. The quantitative estimate of drug-likeness (QED) is 0.732. The van der Waals surface area contributed by atoms with Crippen molar-refractivity contribution in [2.24, 2.45) is 17.8 Å². The van der Waals surface area contributed by atoms with Gasteiger partial charge in [0.15, 0.2) is 11.6 Å². The van der Waals surface area contributed by atoms with Gasteiger partial charge in [0.1, 0.15) is 0 Å². The van der Waals surface area contributed by atoms with E-state index in [2.05, 4.69) is 0 Å². The Balaban J connectivity index is 1.46. The topological polar surface area (TPSA) is 34.1 Å². The lowest BCUT2D eigenvalue weighted by molar-refractivity contribution is 0.0962. The second kappa shape index (κ2) is 6.66. The highest BCUT2D eigenvalue weighted by molar-refractivity contribution is 6.24. The number of allylic oxidation sites excluding steroid dienone is 2. The van der Waals surface area contributed by atoms with Crippen molar-refractivity contribution < 1.29 is 9.59 Å².